The summed E-state index contributed by atoms with van der Waals surface area (Å²) in [4.78, 5) is 50.1. The van der Waals surface area contributed by atoms with Gasteiger partial charge in [0.25, 0.3) is 15.6 Å². The lowest BCUT2D eigenvalue weighted by Gasteiger charge is -2.17. The molecule has 3 aromatic rings. The van der Waals surface area contributed by atoms with Gasteiger partial charge in [0.15, 0.2) is 6.10 Å². The number of nitrogens with two attached hydrogens (primary N) is 1. The Balaban J connectivity index is 1.88. The number of hydrogen-bond donors (Lipinski definition) is 2. The zero-order valence-corrected chi connectivity index (χ0v) is 21.2. The van der Waals surface area contributed by atoms with Crippen LogP contribution in [-0.2, 0) is 28.9 Å². The van der Waals surface area contributed by atoms with Gasteiger partial charge in [-0.2, -0.15) is 0 Å². The molecule has 1 aromatic heterocycles. The Morgan fingerprint density at radius 2 is 1.63 bits per heavy atom. The second kappa shape index (κ2) is 9.88. The molecule has 0 radical (unpaired) electrons. The van der Waals surface area contributed by atoms with E-state index in [9.17, 15) is 27.6 Å². The van der Waals surface area contributed by atoms with E-state index in [0.29, 0.717) is 9.04 Å². The molecule has 0 amide bonds. The quantitative estimate of drug-likeness (QED) is 0.323. The Morgan fingerprint density at radius 3 is 2.26 bits per heavy atom. The van der Waals surface area contributed by atoms with Gasteiger partial charge in [-0.05, 0) is 43.3 Å². The summed E-state index contributed by atoms with van der Waals surface area (Å²) in [6.45, 7) is 1.23. The minimum atomic E-state index is -4.04. The van der Waals surface area contributed by atoms with Gasteiger partial charge >= 0.3 is 11.7 Å². The van der Waals surface area contributed by atoms with Crippen LogP contribution in [0.1, 0.15) is 27.6 Å². The van der Waals surface area contributed by atoms with E-state index in [-0.39, 0.29) is 22.0 Å². The molecule has 35 heavy (non-hydrogen) atoms. The van der Waals surface area contributed by atoms with Crippen LogP contribution in [0.5, 0.6) is 0 Å². The average Bonchev–Trinajstić information content (AvgIpc) is 2.81. The molecule has 13 heteroatoms. The van der Waals surface area contributed by atoms with Gasteiger partial charge in [0.05, 0.1) is 16.1 Å². The highest BCUT2D eigenvalue weighted by Gasteiger charge is 2.28. The topological polar surface area (TPSA) is 160 Å². The Morgan fingerprint density at radius 1 is 1.03 bits per heavy atom. The summed E-state index contributed by atoms with van der Waals surface area (Å²) in [7, 11) is -1.56. The van der Waals surface area contributed by atoms with Gasteiger partial charge in [-0.1, -0.05) is 28.1 Å². The third-order valence-corrected chi connectivity index (χ3v) is 7.03. The molecule has 3 rings (SSSR count). The van der Waals surface area contributed by atoms with Crippen LogP contribution < -0.4 is 21.7 Å². The van der Waals surface area contributed by atoms with Crippen molar-refractivity contribution in [3.63, 3.8) is 0 Å². The van der Waals surface area contributed by atoms with Crippen molar-refractivity contribution in [2.24, 2.45) is 14.1 Å². The monoisotopic (exact) mass is 564 g/mol. The van der Waals surface area contributed by atoms with Crippen LogP contribution in [0.4, 0.5) is 11.5 Å². The highest BCUT2D eigenvalue weighted by Crippen LogP contribution is 2.23. The first-order chi connectivity index (χ1) is 16.3. The summed E-state index contributed by atoms with van der Waals surface area (Å²) >= 11 is 3.23. The molecule has 0 fully saturated rings. The highest BCUT2D eigenvalue weighted by molar-refractivity contribution is 9.10. The van der Waals surface area contributed by atoms with Gasteiger partial charge in [-0.3, -0.25) is 23.4 Å². The first-order valence-corrected chi connectivity index (χ1v) is 12.3. The number of anilines is 2. The van der Waals surface area contributed by atoms with E-state index in [1.165, 1.54) is 57.4 Å². The molecular weight excluding hydrogens is 544 g/mol. The molecule has 3 N–H and O–H groups in total. The molecule has 0 spiro atoms. The second-order valence-corrected chi connectivity index (χ2v) is 10.1. The summed E-state index contributed by atoms with van der Waals surface area (Å²) in [5.41, 5.74) is 3.42. The number of sulfonamides is 1. The Labute approximate surface area is 208 Å². The number of ketones is 1. The van der Waals surface area contributed by atoms with Crippen LogP contribution in [0, 0.1) is 0 Å². The van der Waals surface area contributed by atoms with Crippen LogP contribution in [0.3, 0.4) is 0 Å². The molecule has 0 aliphatic carbocycles. The molecule has 184 valence electrons. The summed E-state index contributed by atoms with van der Waals surface area (Å²) in [6.07, 6.45) is -1.47. The van der Waals surface area contributed by atoms with E-state index in [1.807, 2.05) is 0 Å². The van der Waals surface area contributed by atoms with Crippen molar-refractivity contribution in [3.8, 4) is 0 Å². The minimum Gasteiger partial charge on any atom is -0.451 e. The first-order valence-electron chi connectivity index (χ1n) is 10.0. The number of Topliss-reactive ketones (excluding diaryl/α,β-unsaturated/α-hetero) is 1. The largest absolute Gasteiger partial charge is 0.451 e. The highest BCUT2D eigenvalue weighted by atomic mass is 79.9. The standard InChI is InChI=1S/C22H21BrN4O7S/c1-12(18(28)17-19(24)26(2)22(31)27(3)20(17)29)34-21(30)15-6-4-5-7-16(15)25-35(32,33)14-10-8-13(23)9-11-14/h4-12,25H,24H2,1-3H3. The number of carbonyl (C=O) groups is 2. The van der Waals surface area contributed by atoms with Gasteiger partial charge in [0, 0.05) is 18.6 Å². The lowest BCUT2D eigenvalue weighted by Crippen LogP contribution is -2.43. The number of halogens is 1. The van der Waals surface area contributed by atoms with Crippen molar-refractivity contribution in [2.75, 3.05) is 10.5 Å². The zero-order chi connectivity index (χ0) is 26.1. The minimum absolute atomic E-state index is 0.0339. The molecule has 1 heterocycles. The molecule has 0 aliphatic rings. The smallest absolute Gasteiger partial charge is 0.340 e. The number of benzene rings is 2. The Bertz CT molecular complexity index is 1540. The van der Waals surface area contributed by atoms with Gasteiger partial charge < -0.3 is 10.5 Å². The van der Waals surface area contributed by atoms with Gasteiger partial charge in [-0.25, -0.2) is 18.0 Å². The summed E-state index contributed by atoms with van der Waals surface area (Å²) in [5.74, 6) is -2.30. The molecule has 0 bridgehead atoms. The molecule has 0 saturated carbocycles. The van der Waals surface area contributed by atoms with Crippen molar-refractivity contribution < 1.29 is 22.7 Å². The number of nitrogen functional groups attached to an aromatic ring is 1. The molecular formula is C22H21BrN4O7S. The van der Waals surface area contributed by atoms with Gasteiger partial charge in [0.2, 0.25) is 5.78 Å². The second-order valence-electron chi connectivity index (χ2n) is 7.48. The van der Waals surface area contributed by atoms with Crippen LogP contribution in [-0.4, -0.2) is 35.4 Å². The van der Waals surface area contributed by atoms with Crippen LogP contribution in [0.2, 0.25) is 0 Å². The van der Waals surface area contributed by atoms with Crippen molar-refractivity contribution in [2.45, 2.75) is 17.9 Å². The molecule has 0 aliphatic heterocycles. The third kappa shape index (κ3) is 5.20. The zero-order valence-electron chi connectivity index (χ0n) is 18.8. The fraction of sp³-hybridized carbons (Fsp3) is 0.182. The number of para-hydroxylation sites is 1. The number of nitrogens with zero attached hydrogens (tertiary/aromatic N) is 2. The molecule has 0 saturated heterocycles. The van der Waals surface area contributed by atoms with Gasteiger partial charge in [-0.15, -0.1) is 0 Å². The predicted molar refractivity (Wildman–Crippen MR) is 132 cm³/mol. The van der Waals surface area contributed by atoms with E-state index >= 15 is 0 Å². The number of aromatic nitrogens is 2. The number of hydrogen-bond acceptors (Lipinski definition) is 8. The van der Waals surface area contributed by atoms with Gasteiger partial charge in [0.1, 0.15) is 11.4 Å². The summed E-state index contributed by atoms with van der Waals surface area (Å²) < 4.78 is 35.4. The summed E-state index contributed by atoms with van der Waals surface area (Å²) in [6, 6.07) is 11.5. The van der Waals surface area contributed by atoms with E-state index < -0.39 is 44.7 Å². The molecule has 1 atom stereocenters. The SMILES string of the molecule is CC(OC(=O)c1ccccc1NS(=O)(=O)c1ccc(Br)cc1)C(=O)c1c(N)n(C)c(=O)n(C)c1=O. The van der Waals surface area contributed by atoms with E-state index in [0.717, 1.165) is 4.57 Å². The van der Waals surface area contributed by atoms with Crippen LogP contribution in [0.25, 0.3) is 0 Å². The van der Waals surface area contributed by atoms with E-state index in [2.05, 4.69) is 20.7 Å². The average molecular weight is 565 g/mol. The fourth-order valence-corrected chi connectivity index (χ4v) is 4.48. The Kier molecular flexibility index (Phi) is 7.31. The van der Waals surface area contributed by atoms with E-state index in [1.54, 1.807) is 12.1 Å². The number of esters is 1. The third-order valence-electron chi connectivity index (χ3n) is 5.12. The molecule has 1 unspecified atom stereocenters. The fourth-order valence-electron chi connectivity index (χ4n) is 3.14. The number of nitrogens with one attached hydrogen (secondary N) is 1. The lowest BCUT2D eigenvalue weighted by molar-refractivity contribution is 0.0319. The number of rotatable bonds is 7. The maximum atomic E-state index is 12.9. The summed E-state index contributed by atoms with van der Waals surface area (Å²) in [5, 5.41) is 0. The van der Waals surface area contributed by atoms with Crippen molar-refractivity contribution in [1.29, 1.82) is 0 Å². The lowest BCUT2D eigenvalue weighted by atomic mass is 10.1. The predicted octanol–water partition coefficient (Wildman–Crippen LogP) is 1.66. The Hall–Kier alpha value is -3.71. The van der Waals surface area contributed by atoms with Crippen LogP contribution >= 0.6 is 15.9 Å². The maximum Gasteiger partial charge on any atom is 0.340 e. The van der Waals surface area contributed by atoms with Crippen molar-refractivity contribution in [3.05, 3.63) is 85.0 Å². The molecule has 2 aromatic carbocycles. The van der Waals surface area contributed by atoms with Crippen LogP contribution in [0.15, 0.2) is 67.5 Å². The maximum absolute atomic E-state index is 12.9. The van der Waals surface area contributed by atoms with Crippen molar-refractivity contribution >= 4 is 49.2 Å². The van der Waals surface area contributed by atoms with E-state index in [4.69, 9.17) is 10.5 Å². The first kappa shape index (κ1) is 25.9. The number of carbonyl (C=O) groups excluding carboxylic acids is 2. The normalized spacial score (nSPS) is 12.1. The number of ether oxygens (including phenoxy) is 1. The van der Waals surface area contributed by atoms with Crippen molar-refractivity contribution in [1.82, 2.24) is 9.13 Å². The molecule has 11 nitrogen and oxygen atoms in total.